The molecule has 0 spiro atoms. The van der Waals surface area contributed by atoms with E-state index in [1.54, 1.807) is 11.3 Å². The van der Waals surface area contributed by atoms with Gasteiger partial charge in [-0.15, -0.1) is 11.3 Å². The van der Waals surface area contributed by atoms with Crippen LogP contribution in [0, 0.1) is 11.3 Å². The average Bonchev–Trinajstić information content (AvgIpc) is 2.98. The molecule has 26 heavy (non-hydrogen) atoms. The van der Waals surface area contributed by atoms with Gasteiger partial charge in [-0.05, 0) is 50.3 Å². The summed E-state index contributed by atoms with van der Waals surface area (Å²) in [5.74, 6) is -0.0327. The molecule has 0 radical (unpaired) electrons. The molecule has 1 atom stereocenters. The fraction of sp³-hybridized carbons (Fsp3) is 0.400. The molecular weight excluding hydrogens is 366 g/mol. The summed E-state index contributed by atoms with van der Waals surface area (Å²) in [6.45, 7) is 2.79. The maximum atomic E-state index is 12.3. The fourth-order valence-electron chi connectivity index (χ4n) is 3.35. The van der Waals surface area contributed by atoms with Crippen molar-refractivity contribution >= 4 is 33.8 Å². The minimum atomic E-state index is -0.0327. The van der Waals surface area contributed by atoms with Crippen molar-refractivity contribution in [2.24, 2.45) is 0 Å². The van der Waals surface area contributed by atoms with Crippen LogP contribution in [0.25, 0.3) is 0 Å². The molecule has 0 unspecified atom stereocenters. The molecule has 1 aromatic heterocycles. The molecule has 2 aromatic rings. The molecule has 6 heteroatoms. The Morgan fingerprint density at radius 3 is 3.00 bits per heavy atom. The molecule has 1 aliphatic rings. The van der Waals surface area contributed by atoms with E-state index in [4.69, 9.17) is 11.6 Å². The lowest BCUT2D eigenvalue weighted by Gasteiger charge is -2.11. The van der Waals surface area contributed by atoms with Crippen LogP contribution in [-0.4, -0.2) is 12.5 Å². The number of rotatable bonds is 6. The average molecular weight is 389 g/mol. The highest BCUT2D eigenvalue weighted by molar-refractivity contribution is 7.16. The van der Waals surface area contributed by atoms with E-state index in [2.05, 4.69) is 23.6 Å². The number of nitrogens with two attached hydrogens (primary N) is 1. The second kappa shape index (κ2) is 8.68. The van der Waals surface area contributed by atoms with Gasteiger partial charge in [-0.25, -0.2) is 0 Å². The predicted molar refractivity (Wildman–Crippen MR) is 106 cm³/mol. The van der Waals surface area contributed by atoms with Crippen LogP contribution < -0.4 is 10.6 Å². The summed E-state index contributed by atoms with van der Waals surface area (Å²) in [7, 11) is 0. The van der Waals surface area contributed by atoms with Crippen molar-refractivity contribution in [3.63, 3.8) is 0 Å². The molecule has 0 bridgehead atoms. The number of aryl methyl sites for hydroxylation is 1. The summed E-state index contributed by atoms with van der Waals surface area (Å²) >= 11 is 7.61. The van der Waals surface area contributed by atoms with Gasteiger partial charge in [-0.1, -0.05) is 23.7 Å². The Kier molecular flexibility index (Phi) is 6.31. The molecule has 4 nitrogen and oxygen atoms in total. The Hall–Kier alpha value is -1.87. The lowest BCUT2D eigenvalue weighted by Crippen LogP contribution is -2.85. The van der Waals surface area contributed by atoms with Crippen LogP contribution in [0.2, 0.25) is 5.02 Å². The van der Waals surface area contributed by atoms with Crippen molar-refractivity contribution in [3.05, 3.63) is 50.9 Å². The molecule has 1 amide bonds. The number of nitrogens with one attached hydrogen (secondary N) is 1. The van der Waals surface area contributed by atoms with Crippen LogP contribution in [0.1, 0.15) is 53.8 Å². The van der Waals surface area contributed by atoms with Gasteiger partial charge in [-0.2, -0.15) is 5.26 Å². The summed E-state index contributed by atoms with van der Waals surface area (Å²) in [6.07, 6.45) is 4.69. The molecule has 1 heterocycles. The highest BCUT2D eigenvalue weighted by Gasteiger charge is 2.21. The van der Waals surface area contributed by atoms with Gasteiger partial charge in [0.2, 0.25) is 5.91 Å². The van der Waals surface area contributed by atoms with Crippen molar-refractivity contribution < 1.29 is 10.1 Å². The minimum Gasteiger partial charge on any atom is -0.340 e. The first-order valence-corrected chi connectivity index (χ1v) is 10.2. The van der Waals surface area contributed by atoms with Gasteiger partial charge in [-0.3, -0.25) is 4.79 Å². The smallest absolute Gasteiger partial charge is 0.230 e. The summed E-state index contributed by atoms with van der Waals surface area (Å²) in [4.78, 5) is 13.6. The third kappa shape index (κ3) is 4.45. The van der Waals surface area contributed by atoms with Gasteiger partial charge in [0.15, 0.2) is 0 Å². The Balaban J connectivity index is 1.53. The Labute approximate surface area is 163 Å². The summed E-state index contributed by atoms with van der Waals surface area (Å²) in [6, 6.07) is 10.3. The Morgan fingerprint density at radius 2 is 2.23 bits per heavy atom. The number of carbonyl (C=O) groups excluding carboxylic acids is 1. The molecule has 1 aliphatic carbocycles. The lowest BCUT2D eigenvalue weighted by molar-refractivity contribution is -0.691. The first-order chi connectivity index (χ1) is 12.6. The third-order valence-electron chi connectivity index (χ3n) is 4.80. The maximum absolute atomic E-state index is 12.3. The van der Waals surface area contributed by atoms with Crippen LogP contribution in [0.4, 0.5) is 5.00 Å². The molecule has 0 saturated heterocycles. The van der Waals surface area contributed by atoms with Crippen LogP contribution in [-0.2, 0) is 17.6 Å². The number of amides is 1. The number of thiophene rings is 1. The fourth-order valence-corrected chi connectivity index (χ4v) is 4.81. The molecule has 136 valence electrons. The number of hydrogen-bond acceptors (Lipinski definition) is 3. The second-order valence-electron chi connectivity index (χ2n) is 6.69. The van der Waals surface area contributed by atoms with E-state index in [0.29, 0.717) is 18.5 Å². The maximum Gasteiger partial charge on any atom is 0.230 e. The predicted octanol–water partition coefficient (Wildman–Crippen LogP) is 3.81. The van der Waals surface area contributed by atoms with E-state index < -0.39 is 0 Å². The standard InChI is InChI=1S/C20H22ClN3OS/c1-13(14-5-4-6-15(21)11-14)23-10-9-19(25)24-20-17(12-22)16-7-2-3-8-18(16)26-20/h4-6,11,13,23H,2-3,7-10H2,1H3,(H,24,25)/p+1/t13-/m0/s1. The van der Waals surface area contributed by atoms with Gasteiger partial charge in [0.25, 0.3) is 0 Å². The zero-order valence-corrected chi connectivity index (χ0v) is 16.4. The zero-order valence-electron chi connectivity index (χ0n) is 14.8. The van der Waals surface area contributed by atoms with Gasteiger partial charge in [0.05, 0.1) is 18.5 Å². The summed E-state index contributed by atoms with van der Waals surface area (Å²) in [5, 5.41) is 16.0. The number of nitrogens with zero attached hydrogens (tertiary/aromatic N) is 1. The van der Waals surface area contributed by atoms with E-state index in [0.717, 1.165) is 40.4 Å². The van der Waals surface area contributed by atoms with E-state index in [1.165, 1.54) is 11.3 Å². The quantitative estimate of drug-likeness (QED) is 0.790. The van der Waals surface area contributed by atoms with Crippen molar-refractivity contribution in [2.45, 2.75) is 45.1 Å². The van der Waals surface area contributed by atoms with Crippen molar-refractivity contribution in [2.75, 3.05) is 11.9 Å². The van der Waals surface area contributed by atoms with Crippen LogP contribution in [0.3, 0.4) is 0 Å². The molecule has 3 rings (SSSR count). The topological polar surface area (TPSA) is 69.5 Å². The van der Waals surface area contributed by atoms with E-state index in [9.17, 15) is 10.1 Å². The number of carbonyl (C=O) groups is 1. The largest absolute Gasteiger partial charge is 0.340 e. The number of hydrogen-bond donors (Lipinski definition) is 2. The number of anilines is 1. The molecule has 0 saturated carbocycles. The van der Waals surface area contributed by atoms with Crippen LogP contribution >= 0.6 is 22.9 Å². The van der Waals surface area contributed by atoms with Crippen molar-refractivity contribution in [1.82, 2.24) is 0 Å². The first kappa shape index (κ1) is 18.9. The lowest BCUT2D eigenvalue weighted by atomic mass is 9.96. The normalized spacial score (nSPS) is 14.3. The third-order valence-corrected chi connectivity index (χ3v) is 6.24. The monoisotopic (exact) mass is 388 g/mol. The number of nitriles is 1. The highest BCUT2D eigenvalue weighted by Crippen LogP contribution is 2.37. The van der Waals surface area contributed by atoms with Crippen molar-refractivity contribution in [1.29, 1.82) is 5.26 Å². The molecule has 1 aromatic carbocycles. The second-order valence-corrected chi connectivity index (χ2v) is 8.23. The minimum absolute atomic E-state index is 0.0327. The van der Waals surface area contributed by atoms with Gasteiger partial charge >= 0.3 is 0 Å². The van der Waals surface area contributed by atoms with Crippen LogP contribution in [0.5, 0.6) is 0 Å². The molecule has 3 N–H and O–H groups in total. The van der Waals surface area contributed by atoms with E-state index >= 15 is 0 Å². The Bertz CT molecular complexity index is 840. The number of quaternary nitrogens is 1. The van der Waals surface area contributed by atoms with Gasteiger partial charge < -0.3 is 10.6 Å². The number of halogens is 1. The summed E-state index contributed by atoms with van der Waals surface area (Å²) in [5.41, 5.74) is 2.98. The molecule has 0 fully saturated rings. The number of fused-ring (bicyclic) bond motifs is 1. The molecule has 0 aliphatic heterocycles. The zero-order chi connectivity index (χ0) is 18.5. The SMILES string of the molecule is C[C@H]([NH2+]CCC(=O)Nc1sc2c(c1C#N)CCCC2)c1cccc(Cl)c1. The van der Waals surface area contributed by atoms with Gasteiger partial charge in [0.1, 0.15) is 17.1 Å². The Morgan fingerprint density at radius 1 is 1.42 bits per heavy atom. The van der Waals surface area contributed by atoms with Gasteiger partial charge in [0, 0.05) is 15.5 Å². The van der Waals surface area contributed by atoms with E-state index in [1.807, 2.05) is 24.3 Å². The summed E-state index contributed by atoms with van der Waals surface area (Å²) < 4.78 is 0. The van der Waals surface area contributed by atoms with E-state index in [-0.39, 0.29) is 11.9 Å². The van der Waals surface area contributed by atoms with Crippen molar-refractivity contribution in [3.8, 4) is 6.07 Å². The molecular formula is C20H23ClN3OS+. The van der Waals surface area contributed by atoms with Crippen LogP contribution in [0.15, 0.2) is 24.3 Å². The highest BCUT2D eigenvalue weighted by atomic mass is 35.5. The first-order valence-electron chi connectivity index (χ1n) is 9.01. The number of benzene rings is 1.